The number of fused-ring (bicyclic) bond motifs is 1. The Kier molecular flexibility index (Phi) is 5.67. The van der Waals surface area contributed by atoms with Crippen LogP contribution in [0.3, 0.4) is 0 Å². The molecule has 0 bridgehead atoms. The number of benzene rings is 1. The summed E-state index contributed by atoms with van der Waals surface area (Å²) < 4.78 is 41.5. The number of para-hydroxylation sites is 1. The van der Waals surface area contributed by atoms with Gasteiger partial charge in [0.2, 0.25) is 0 Å². The van der Waals surface area contributed by atoms with Gasteiger partial charge < -0.3 is 9.88 Å². The van der Waals surface area contributed by atoms with Gasteiger partial charge in [-0.05, 0) is 24.6 Å². The van der Waals surface area contributed by atoms with Gasteiger partial charge in [-0.25, -0.2) is 5.48 Å². The van der Waals surface area contributed by atoms with Crippen LogP contribution < -0.4 is 10.8 Å². The number of hydrogen-bond donors (Lipinski definition) is 3. The first-order valence-corrected chi connectivity index (χ1v) is 9.49. The molecule has 0 fully saturated rings. The lowest BCUT2D eigenvalue weighted by Crippen LogP contribution is -2.29. The number of alkyl halides is 3. The Bertz CT molecular complexity index is 1070. The van der Waals surface area contributed by atoms with Crippen molar-refractivity contribution < 1.29 is 28.0 Å². The molecule has 3 aromatic rings. The Morgan fingerprint density at radius 1 is 1.21 bits per heavy atom. The molecule has 6 nitrogen and oxygen atoms in total. The van der Waals surface area contributed by atoms with Gasteiger partial charge in [0, 0.05) is 22.8 Å². The molecule has 2 aromatic heterocycles. The van der Waals surface area contributed by atoms with E-state index in [1.807, 2.05) is 24.3 Å². The summed E-state index contributed by atoms with van der Waals surface area (Å²) in [5, 5.41) is 12.3. The van der Waals surface area contributed by atoms with Crippen LogP contribution in [-0.2, 0) is 13.2 Å². The third-order valence-electron chi connectivity index (χ3n) is 4.61. The van der Waals surface area contributed by atoms with Crippen LogP contribution in [0.5, 0.6) is 0 Å². The fourth-order valence-electron chi connectivity index (χ4n) is 3.13. The van der Waals surface area contributed by atoms with Gasteiger partial charge in [0.15, 0.2) is 0 Å². The number of carbonyl (C=O) groups is 2. The minimum Gasteiger partial charge on any atom is -0.343 e. The van der Waals surface area contributed by atoms with E-state index in [0.717, 1.165) is 17.0 Å². The second-order valence-corrected chi connectivity index (χ2v) is 7.50. The van der Waals surface area contributed by atoms with Gasteiger partial charge in [-0.15, -0.1) is 11.3 Å². The van der Waals surface area contributed by atoms with Crippen LogP contribution in [0, 0.1) is 0 Å². The maximum Gasteiger partial charge on any atom is 0.418 e. The number of aryl methyl sites for hydroxylation is 1. The van der Waals surface area contributed by atoms with Crippen molar-refractivity contribution in [3.05, 3.63) is 57.4 Å². The summed E-state index contributed by atoms with van der Waals surface area (Å²) in [7, 11) is 1.73. The smallest absolute Gasteiger partial charge is 0.343 e. The minimum atomic E-state index is -4.77. The number of hydroxylamine groups is 1. The number of carbonyl (C=O) groups excluding carboxylic acids is 2. The molecule has 0 saturated carbocycles. The molecule has 0 aliphatic carbocycles. The van der Waals surface area contributed by atoms with E-state index in [1.165, 1.54) is 5.48 Å². The average Bonchev–Trinajstić information content (AvgIpc) is 3.28. The minimum absolute atomic E-state index is 0.172. The molecule has 3 N–H and O–H groups in total. The van der Waals surface area contributed by atoms with Crippen molar-refractivity contribution in [3.8, 4) is 0 Å². The lowest BCUT2D eigenvalue weighted by molar-refractivity contribution is -0.137. The van der Waals surface area contributed by atoms with E-state index in [4.69, 9.17) is 5.21 Å². The van der Waals surface area contributed by atoms with Gasteiger partial charge in [-0.2, -0.15) is 13.2 Å². The number of nitrogens with zero attached hydrogens (tertiary/aromatic N) is 1. The van der Waals surface area contributed by atoms with Crippen molar-refractivity contribution in [2.24, 2.45) is 7.05 Å². The Balaban J connectivity index is 1.93. The molecule has 1 aromatic carbocycles. The predicted molar refractivity (Wildman–Crippen MR) is 102 cm³/mol. The number of nitrogens with one attached hydrogen (secondary N) is 2. The maximum absolute atomic E-state index is 13.3. The Hall–Kier alpha value is -2.85. The highest BCUT2D eigenvalue weighted by molar-refractivity contribution is 7.14. The molecule has 0 aliphatic heterocycles. The molecule has 0 spiro atoms. The number of halogens is 3. The first-order valence-electron chi connectivity index (χ1n) is 8.68. The van der Waals surface area contributed by atoms with E-state index in [-0.39, 0.29) is 4.88 Å². The third kappa shape index (κ3) is 3.99. The van der Waals surface area contributed by atoms with E-state index >= 15 is 0 Å². The molecule has 1 atom stereocenters. The lowest BCUT2D eigenvalue weighted by atomic mass is 10.1. The summed E-state index contributed by atoms with van der Waals surface area (Å²) in [6.07, 6.45) is -4.46. The first-order chi connectivity index (χ1) is 13.7. The van der Waals surface area contributed by atoms with Crippen molar-refractivity contribution >= 4 is 34.1 Å². The molecular formula is C19H18F3N3O3S. The molecule has 2 heterocycles. The fraction of sp³-hybridized carbons (Fsp3) is 0.263. The van der Waals surface area contributed by atoms with Crippen LogP contribution in [0.1, 0.15) is 50.0 Å². The van der Waals surface area contributed by atoms with Gasteiger partial charge in [-0.1, -0.05) is 25.1 Å². The summed E-state index contributed by atoms with van der Waals surface area (Å²) in [6.45, 7) is 1.71. The molecule has 29 heavy (non-hydrogen) atoms. The maximum atomic E-state index is 13.3. The highest BCUT2D eigenvalue weighted by Gasteiger charge is 2.38. The highest BCUT2D eigenvalue weighted by Crippen LogP contribution is 2.39. The summed E-state index contributed by atoms with van der Waals surface area (Å²) >= 11 is 0.585. The molecule has 0 saturated heterocycles. The molecular weight excluding hydrogens is 407 g/mol. The predicted octanol–water partition coefficient (Wildman–Crippen LogP) is 4.26. The number of hydrogen-bond acceptors (Lipinski definition) is 4. The summed E-state index contributed by atoms with van der Waals surface area (Å²) in [6, 6.07) is 9.22. The summed E-state index contributed by atoms with van der Waals surface area (Å²) in [5.41, 5.74) is 1.30. The monoisotopic (exact) mass is 425 g/mol. The van der Waals surface area contributed by atoms with Crippen LogP contribution in [-0.4, -0.2) is 21.6 Å². The van der Waals surface area contributed by atoms with Crippen molar-refractivity contribution in [1.82, 2.24) is 15.4 Å². The van der Waals surface area contributed by atoms with Crippen LogP contribution >= 0.6 is 11.3 Å². The van der Waals surface area contributed by atoms with Gasteiger partial charge in [0.05, 0.1) is 11.6 Å². The quantitative estimate of drug-likeness (QED) is 0.422. The summed E-state index contributed by atoms with van der Waals surface area (Å²) in [4.78, 5) is 24.0. The van der Waals surface area contributed by atoms with Crippen LogP contribution in [0.25, 0.3) is 10.9 Å². The van der Waals surface area contributed by atoms with E-state index in [2.05, 4.69) is 5.32 Å². The van der Waals surface area contributed by atoms with Crippen LogP contribution in [0.15, 0.2) is 36.4 Å². The molecule has 154 valence electrons. The van der Waals surface area contributed by atoms with Gasteiger partial charge in [0.1, 0.15) is 10.6 Å². The number of thiophene rings is 1. The fourth-order valence-corrected chi connectivity index (χ4v) is 4.33. The SMILES string of the molecule is CC[C@H](NC(=O)c1cc2ccccc2n1C)c1cc(C(F)(F)F)c(C(=O)NO)s1. The van der Waals surface area contributed by atoms with E-state index in [0.29, 0.717) is 23.5 Å². The normalized spacial score (nSPS) is 12.8. The topological polar surface area (TPSA) is 83.4 Å². The van der Waals surface area contributed by atoms with E-state index < -0.39 is 34.5 Å². The summed E-state index contributed by atoms with van der Waals surface area (Å²) in [5.74, 6) is -1.69. The molecule has 3 rings (SSSR count). The molecule has 0 unspecified atom stereocenters. The average molecular weight is 425 g/mol. The Morgan fingerprint density at radius 3 is 2.48 bits per heavy atom. The second-order valence-electron chi connectivity index (χ2n) is 6.41. The lowest BCUT2D eigenvalue weighted by Gasteiger charge is -2.16. The number of aromatic nitrogens is 1. The second kappa shape index (κ2) is 7.88. The van der Waals surface area contributed by atoms with Gasteiger partial charge >= 0.3 is 6.18 Å². The zero-order chi connectivity index (χ0) is 21.3. The van der Waals surface area contributed by atoms with Gasteiger partial charge in [-0.3, -0.25) is 14.8 Å². The Labute approximate surface area is 167 Å². The van der Waals surface area contributed by atoms with E-state index in [1.54, 1.807) is 24.6 Å². The highest BCUT2D eigenvalue weighted by atomic mass is 32.1. The third-order valence-corrected chi connectivity index (χ3v) is 5.85. The Morgan fingerprint density at radius 2 is 1.90 bits per heavy atom. The van der Waals surface area contributed by atoms with Crippen molar-refractivity contribution in [2.75, 3.05) is 0 Å². The number of amides is 2. The molecule has 0 radical (unpaired) electrons. The molecule has 10 heteroatoms. The van der Waals surface area contributed by atoms with Gasteiger partial charge in [0.25, 0.3) is 11.8 Å². The standard InChI is InChI=1S/C19H18F3N3O3S/c1-3-12(15-9-11(19(20,21)22)16(29-15)18(27)24-28)23-17(26)14-8-10-6-4-5-7-13(10)25(14)2/h4-9,12,28H,3H2,1-2H3,(H,23,26)(H,24,27)/t12-/m0/s1. The first kappa shape index (κ1) is 20.9. The van der Waals surface area contributed by atoms with Crippen molar-refractivity contribution in [2.45, 2.75) is 25.6 Å². The largest absolute Gasteiger partial charge is 0.418 e. The molecule has 2 amide bonds. The van der Waals surface area contributed by atoms with Crippen LogP contribution in [0.2, 0.25) is 0 Å². The molecule has 0 aliphatic rings. The zero-order valence-electron chi connectivity index (χ0n) is 15.5. The van der Waals surface area contributed by atoms with E-state index in [9.17, 15) is 22.8 Å². The van der Waals surface area contributed by atoms with Crippen LogP contribution in [0.4, 0.5) is 13.2 Å². The van der Waals surface area contributed by atoms with Crippen molar-refractivity contribution in [1.29, 1.82) is 0 Å². The number of rotatable bonds is 5. The van der Waals surface area contributed by atoms with Crippen molar-refractivity contribution in [3.63, 3.8) is 0 Å². The zero-order valence-corrected chi connectivity index (χ0v) is 16.3.